The molecule has 0 aliphatic heterocycles. The number of rotatable bonds is 5. The van der Waals surface area contributed by atoms with Crippen molar-refractivity contribution in [2.45, 2.75) is 17.4 Å². The highest BCUT2D eigenvalue weighted by Gasteiger charge is 2.05. The van der Waals surface area contributed by atoms with Crippen LogP contribution in [0.3, 0.4) is 0 Å². The molecule has 1 aromatic carbocycles. The molecule has 1 aromatic heterocycles. The Hall–Kier alpha value is -0.480. The summed E-state index contributed by atoms with van der Waals surface area (Å²) in [5, 5.41) is 2.87. The van der Waals surface area contributed by atoms with E-state index in [2.05, 4.69) is 17.5 Å². The van der Waals surface area contributed by atoms with E-state index in [0.29, 0.717) is 0 Å². The normalized spacial score (nSPS) is 12.6. The van der Waals surface area contributed by atoms with Gasteiger partial charge in [-0.2, -0.15) is 0 Å². The first-order valence-corrected chi connectivity index (χ1v) is 7.64. The number of benzene rings is 1. The van der Waals surface area contributed by atoms with E-state index >= 15 is 0 Å². The fraction of sp³-hybridized carbons (Fsp3) is 0.231. The molecule has 0 aliphatic rings. The Morgan fingerprint density at radius 3 is 2.65 bits per heavy atom. The summed E-state index contributed by atoms with van der Waals surface area (Å²) in [6.07, 6.45) is 0.957. The van der Waals surface area contributed by atoms with Gasteiger partial charge in [0.1, 0.15) is 0 Å². The van der Waals surface area contributed by atoms with Crippen LogP contribution in [0.4, 0.5) is 0 Å². The maximum absolute atomic E-state index is 6.10. The van der Waals surface area contributed by atoms with Gasteiger partial charge in [0.25, 0.3) is 0 Å². The highest BCUT2D eigenvalue weighted by molar-refractivity contribution is 7.99. The number of thiophene rings is 1. The van der Waals surface area contributed by atoms with Gasteiger partial charge in [-0.15, -0.1) is 23.1 Å². The van der Waals surface area contributed by atoms with E-state index < -0.39 is 0 Å². The molecule has 2 aromatic rings. The van der Waals surface area contributed by atoms with E-state index in [1.165, 1.54) is 9.77 Å². The Morgan fingerprint density at radius 2 is 2.00 bits per heavy atom. The summed E-state index contributed by atoms with van der Waals surface area (Å²) in [6, 6.07) is 12.3. The predicted octanol–water partition coefficient (Wildman–Crippen LogP) is 4.06. The first-order chi connectivity index (χ1) is 8.24. The molecule has 1 atom stereocenters. The zero-order chi connectivity index (χ0) is 12.1. The molecule has 1 heterocycles. The SMILES string of the molecule is NC(CSc1ccc(Cl)cc1)Cc1cccs1. The van der Waals surface area contributed by atoms with Crippen molar-refractivity contribution in [2.75, 3.05) is 5.75 Å². The topological polar surface area (TPSA) is 26.0 Å². The van der Waals surface area contributed by atoms with Gasteiger partial charge in [-0.1, -0.05) is 17.7 Å². The molecule has 90 valence electrons. The molecule has 0 bridgehead atoms. The second-order valence-corrected chi connectivity index (χ2v) is 6.37. The smallest absolute Gasteiger partial charge is 0.0406 e. The number of nitrogens with two attached hydrogens (primary N) is 1. The lowest BCUT2D eigenvalue weighted by Gasteiger charge is -2.09. The van der Waals surface area contributed by atoms with Gasteiger partial charge in [-0.3, -0.25) is 0 Å². The van der Waals surface area contributed by atoms with Gasteiger partial charge < -0.3 is 5.73 Å². The van der Waals surface area contributed by atoms with Crippen molar-refractivity contribution in [3.05, 3.63) is 51.7 Å². The van der Waals surface area contributed by atoms with Crippen molar-refractivity contribution in [2.24, 2.45) is 5.73 Å². The quantitative estimate of drug-likeness (QED) is 0.838. The van der Waals surface area contributed by atoms with Gasteiger partial charge >= 0.3 is 0 Å². The molecule has 1 nitrogen and oxygen atoms in total. The van der Waals surface area contributed by atoms with Gasteiger partial charge in [0.2, 0.25) is 0 Å². The highest BCUT2D eigenvalue weighted by Crippen LogP contribution is 2.21. The lowest BCUT2D eigenvalue weighted by molar-refractivity contribution is 0.757. The third-order valence-electron chi connectivity index (χ3n) is 2.32. The maximum atomic E-state index is 6.10. The Balaban J connectivity index is 1.79. The molecular weight excluding hydrogens is 270 g/mol. The molecule has 2 N–H and O–H groups in total. The lowest BCUT2D eigenvalue weighted by Crippen LogP contribution is -2.25. The summed E-state index contributed by atoms with van der Waals surface area (Å²) >= 11 is 9.38. The average Bonchev–Trinajstić information content (AvgIpc) is 2.81. The van der Waals surface area contributed by atoms with Crippen LogP contribution in [-0.2, 0) is 6.42 Å². The van der Waals surface area contributed by atoms with Crippen molar-refractivity contribution >= 4 is 34.7 Å². The monoisotopic (exact) mass is 283 g/mol. The Kier molecular flexibility index (Phi) is 4.92. The number of halogens is 1. The van der Waals surface area contributed by atoms with E-state index in [4.69, 9.17) is 17.3 Å². The molecule has 17 heavy (non-hydrogen) atoms. The summed E-state index contributed by atoms with van der Waals surface area (Å²) in [4.78, 5) is 2.57. The van der Waals surface area contributed by atoms with Crippen molar-refractivity contribution in [1.29, 1.82) is 0 Å². The third kappa shape index (κ3) is 4.36. The predicted molar refractivity (Wildman–Crippen MR) is 78.2 cm³/mol. The van der Waals surface area contributed by atoms with Crippen LogP contribution < -0.4 is 5.73 Å². The summed E-state index contributed by atoms with van der Waals surface area (Å²) < 4.78 is 0. The Bertz CT molecular complexity index is 439. The van der Waals surface area contributed by atoms with E-state index in [-0.39, 0.29) is 6.04 Å². The molecule has 2 rings (SSSR count). The summed E-state index contributed by atoms with van der Waals surface area (Å²) in [6.45, 7) is 0. The van der Waals surface area contributed by atoms with Crippen LogP contribution in [0.2, 0.25) is 5.02 Å². The van der Waals surface area contributed by atoms with Gasteiger partial charge in [0.15, 0.2) is 0 Å². The van der Waals surface area contributed by atoms with E-state index in [1.54, 1.807) is 23.1 Å². The second-order valence-electron chi connectivity index (χ2n) is 3.81. The molecule has 0 radical (unpaired) electrons. The van der Waals surface area contributed by atoms with E-state index in [0.717, 1.165) is 17.2 Å². The largest absolute Gasteiger partial charge is 0.327 e. The first kappa shape index (κ1) is 13.0. The van der Waals surface area contributed by atoms with E-state index in [1.807, 2.05) is 24.3 Å². The van der Waals surface area contributed by atoms with Crippen LogP contribution in [0, 0.1) is 0 Å². The minimum atomic E-state index is 0.203. The first-order valence-electron chi connectivity index (χ1n) is 5.40. The number of hydrogen-bond acceptors (Lipinski definition) is 3. The fourth-order valence-electron chi connectivity index (χ4n) is 1.48. The van der Waals surface area contributed by atoms with Gasteiger partial charge in [0.05, 0.1) is 0 Å². The van der Waals surface area contributed by atoms with Gasteiger partial charge in [-0.05, 0) is 42.1 Å². The third-order valence-corrected chi connectivity index (χ3v) is 4.67. The molecule has 0 amide bonds. The van der Waals surface area contributed by atoms with Crippen LogP contribution in [0.15, 0.2) is 46.7 Å². The fourth-order valence-corrected chi connectivity index (χ4v) is 3.26. The minimum Gasteiger partial charge on any atom is -0.327 e. The van der Waals surface area contributed by atoms with Crippen molar-refractivity contribution < 1.29 is 0 Å². The molecule has 1 unspecified atom stereocenters. The average molecular weight is 284 g/mol. The van der Waals surface area contributed by atoms with Crippen LogP contribution in [0.1, 0.15) is 4.88 Å². The molecule has 0 fully saturated rings. The molecule has 4 heteroatoms. The number of thioether (sulfide) groups is 1. The zero-order valence-corrected chi connectivity index (χ0v) is 11.7. The zero-order valence-electron chi connectivity index (χ0n) is 9.30. The van der Waals surface area contributed by atoms with E-state index in [9.17, 15) is 0 Å². The van der Waals surface area contributed by atoms with Gasteiger partial charge in [0, 0.05) is 26.6 Å². The summed E-state index contributed by atoms with van der Waals surface area (Å²) in [5.41, 5.74) is 6.10. The lowest BCUT2D eigenvalue weighted by atomic mass is 10.2. The molecule has 0 aliphatic carbocycles. The Labute approximate surface area is 115 Å². The molecule has 0 saturated carbocycles. The highest BCUT2D eigenvalue weighted by atomic mass is 35.5. The summed E-state index contributed by atoms with van der Waals surface area (Å²) in [7, 11) is 0. The number of hydrogen-bond donors (Lipinski definition) is 1. The van der Waals surface area contributed by atoms with Crippen LogP contribution in [0.5, 0.6) is 0 Å². The van der Waals surface area contributed by atoms with Crippen molar-refractivity contribution in [3.63, 3.8) is 0 Å². The van der Waals surface area contributed by atoms with Crippen LogP contribution >= 0.6 is 34.7 Å². The molecule has 0 spiro atoms. The molecular formula is C13H14ClNS2. The van der Waals surface area contributed by atoms with Crippen molar-refractivity contribution in [3.8, 4) is 0 Å². The summed E-state index contributed by atoms with van der Waals surface area (Å²) in [5.74, 6) is 0.930. The van der Waals surface area contributed by atoms with Crippen LogP contribution in [0.25, 0.3) is 0 Å². The van der Waals surface area contributed by atoms with Gasteiger partial charge in [-0.25, -0.2) is 0 Å². The maximum Gasteiger partial charge on any atom is 0.0406 e. The standard InChI is InChI=1S/C13H14ClNS2/c14-10-3-5-12(6-4-10)17-9-11(15)8-13-2-1-7-16-13/h1-7,11H,8-9,15H2. The minimum absolute atomic E-state index is 0.203. The second kappa shape index (κ2) is 6.45. The van der Waals surface area contributed by atoms with Crippen molar-refractivity contribution in [1.82, 2.24) is 0 Å². The van der Waals surface area contributed by atoms with Crippen LogP contribution in [-0.4, -0.2) is 11.8 Å². The Morgan fingerprint density at radius 1 is 1.24 bits per heavy atom. The molecule has 0 saturated heterocycles.